The van der Waals surface area contributed by atoms with Crippen molar-refractivity contribution >= 4 is 35.2 Å². The Bertz CT molecular complexity index is 1160. The first-order valence-electron chi connectivity index (χ1n) is 14.7. The van der Waals surface area contributed by atoms with E-state index in [2.05, 4.69) is 20.1 Å². The maximum Gasteiger partial charge on any atom is 0.251 e. The molecule has 0 aliphatic carbocycles. The summed E-state index contributed by atoms with van der Waals surface area (Å²) >= 11 is 1.66. The Hall–Kier alpha value is -2.78. The Labute approximate surface area is 248 Å². The van der Waals surface area contributed by atoms with Crippen LogP contribution in [0.4, 0.5) is 5.69 Å². The molecular formula is C32H45N3O5S. The number of fused-ring (bicyclic) bond motifs is 1. The molecule has 1 spiro atoms. The third-order valence-electron chi connectivity index (χ3n) is 9.13. The van der Waals surface area contributed by atoms with E-state index in [1.807, 2.05) is 32.9 Å². The number of aliphatic hydroxyl groups excluding tert-OH is 1. The van der Waals surface area contributed by atoms with Gasteiger partial charge in [-0.25, -0.2) is 0 Å². The smallest absolute Gasteiger partial charge is 0.251 e. The maximum atomic E-state index is 14.8. The van der Waals surface area contributed by atoms with E-state index < -0.39 is 28.7 Å². The van der Waals surface area contributed by atoms with Crippen LogP contribution in [0.15, 0.2) is 49.6 Å². The van der Waals surface area contributed by atoms with E-state index in [1.54, 1.807) is 57.9 Å². The van der Waals surface area contributed by atoms with Gasteiger partial charge in [0.25, 0.3) is 5.91 Å². The summed E-state index contributed by atoms with van der Waals surface area (Å²) in [7, 11) is 1.59. The van der Waals surface area contributed by atoms with Crippen molar-refractivity contribution in [2.45, 2.75) is 62.6 Å². The molecule has 3 saturated heterocycles. The van der Waals surface area contributed by atoms with Crippen molar-refractivity contribution in [3.8, 4) is 5.75 Å². The third-order valence-corrected chi connectivity index (χ3v) is 11.2. The fourth-order valence-corrected chi connectivity index (χ4v) is 9.68. The monoisotopic (exact) mass is 583 g/mol. The van der Waals surface area contributed by atoms with Gasteiger partial charge in [-0.3, -0.25) is 14.4 Å². The lowest BCUT2D eigenvalue weighted by atomic mass is 9.65. The van der Waals surface area contributed by atoms with E-state index in [9.17, 15) is 19.5 Å². The zero-order chi connectivity index (χ0) is 30.1. The van der Waals surface area contributed by atoms with E-state index in [-0.39, 0.29) is 48.0 Å². The van der Waals surface area contributed by atoms with Gasteiger partial charge in [-0.2, -0.15) is 0 Å². The second-order valence-corrected chi connectivity index (χ2v) is 13.3. The van der Waals surface area contributed by atoms with Crippen LogP contribution < -0.4 is 9.64 Å². The van der Waals surface area contributed by atoms with Gasteiger partial charge in [-0.1, -0.05) is 39.8 Å². The van der Waals surface area contributed by atoms with Gasteiger partial charge in [0.1, 0.15) is 11.8 Å². The lowest BCUT2D eigenvalue weighted by molar-refractivity contribution is -0.146. The van der Waals surface area contributed by atoms with Crippen molar-refractivity contribution in [3.05, 3.63) is 49.6 Å². The van der Waals surface area contributed by atoms with Crippen molar-refractivity contribution in [1.29, 1.82) is 0 Å². The third kappa shape index (κ3) is 5.09. The maximum absolute atomic E-state index is 14.8. The molecule has 1 aromatic carbocycles. The fraction of sp³-hybridized carbons (Fsp3) is 0.594. The number of ether oxygens (including phenoxy) is 1. The van der Waals surface area contributed by atoms with Crippen LogP contribution in [0, 0.1) is 23.7 Å². The fourth-order valence-electron chi connectivity index (χ4n) is 7.29. The van der Waals surface area contributed by atoms with Gasteiger partial charge in [0.15, 0.2) is 0 Å². The summed E-state index contributed by atoms with van der Waals surface area (Å²) in [5.74, 6) is -0.986. The van der Waals surface area contributed by atoms with Crippen molar-refractivity contribution in [2.75, 3.05) is 38.3 Å². The van der Waals surface area contributed by atoms with Gasteiger partial charge in [-0.15, -0.1) is 24.9 Å². The number of hydrogen-bond donors (Lipinski definition) is 1. The minimum absolute atomic E-state index is 0.0291. The summed E-state index contributed by atoms with van der Waals surface area (Å²) < 4.78 is 4.54. The van der Waals surface area contributed by atoms with Crippen molar-refractivity contribution in [2.24, 2.45) is 23.7 Å². The number of rotatable bonds is 13. The number of amides is 3. The number of carbonyl (C=O) groups is 3. The van der Waals surface area contributed by atoms with Crippen LogP contribution in [0.1, 0.15) is 40.5 Å². The molecule has 3 heterocycles. The van der Waals surface area contributed by atoms with Crippen LogP contribution in [0.3, 0.4) is 0 Å². The molecule has 4 rings (SSSR count). The Morgan fingerprint density at radius 1 is 1.20 bits per heavy atom. The number of nitrogens with zero attached hydrogens (tertiary/aromatic N) is 3. The molecule has 1 N–H and O–H groups in total. The predicted molar refractivity (Wildman–Crippen MR) is 164 cm³/mol. The van der Waals surface area contributed by atoms with Crippen molar-refractivity contribution < 1.29 is 24.2 Å². The second kappa shape index (κ2) is 12.6. The number of thioether (sulfide) groups is 1. The van der Waals surface area contributed by atoms with E-state index in [4.69, 9.17) is 4.74 Å². The summed E-state index contributed by atoms with van der Waals surface area (Å²) in [6.07, 6.45) is 4.96. The number of anilines is 1. The van der Waals surface area contributed by atoms with Crippen LogP contribution in [-0.4, -0.2) is 88.1 Å². The molecule has 3 fully saturated rings. The number of likely N-dealkylation sites (tertiary alicyclic amines) is 1. The van der Waals surface area contributed by atoms with Crippen molar-refractivity contribution in [3.63, 3.8) is 0 Å². The molecule has 3 amide bonds. The Kier molecular flexibility index (Phi) is 9.59. The van der Waals surface area contributed by atoms with Gasteiger partial charge in [0.2, 0.25) is 11.8 Å². The molecule has 41 heavy (non-hydrogen) atoms. The quantitative estimate of drug-likeness (QED) is 0.353. The highest BCUT2D eigenvalue weighted by Crippen LogP contribution is 2.69. The standard InChI is InChI=1S/C32H45N3O5S/c1-8-15-33(16-9-2)29(37)26-25-18-21(6)32(41-25)27(26)30(38)35(24(19-36)20(4)5)28(32)31(39)34(17-10-3)22-11-13-23(40-7)14-12-22/h8,10-14,20-21,24-28,36H,1,3,9,15-19H2,2,4-7H3/t21?,24-,25+,26-,27-,28?,32?/m0/s1. The average Bonchev–Trinajstić information content (AvgIpc) is 3.55. The summed E-state index contributed by atoms with van der Waals surface area (Å²) in [5.41, 5.74) is 0.672. The normalized spacial score (nSPS) is 28.9. The molecule has 3 aliphatic heterocycles. The topological polar surface area (TPSA) is 90.4 Å². The van der Waals surface area contributed by atoms with Crippen molar-refractivity contribution in [1.82, 2.24) is 9.80 Å². The van der Waals surface area contributed by atoms with Crippen LogP contribution in [0.2, 0.25) is 0 Å². The predicted octanol–water partition coefficient (Wildman–Crippen LogP) is 3.99. The van der Waals surface area contributed by atoms with Gasteiger partial charge in [0, 0.05) is 30.6 Å². The molecule has 0 radical (unpaired) electrons. The lowest BCUT2D eigenvalue weighted by Gasteiger charge is -2.43. The molecule has 7 atom stereocenters. The van der Waals surface area contributed by atoms with Crippen LogP contribution in [-0.2, 0) is 14.4 Å². The van der Waals surface area contributed by atoms with Crippen LogP contribution in [0.25, 0.3) is 0 Å². The van der Waals surface area contributed by atoms with E-state index in [0.29, 0.717) is 24.5 Å². The zero-order valence-corrected chi connectivity index (χ0v) is 25.8. The first-order chi connectivity index (χ1) is 19.6. The molecular weight excluding hydrogens is 538 g/mol. The van der Waals surface area contributed by atoms with Gasteiger partial charge in [-0.05, 0) is 48.9 Å². The second-order valence-electron chi connectivity index (χ2n) is 11.8. The first-order valence-corrected chi connectivity index (χ1v) is 15.6. The highest BCUT2D eigenvalue weighted by molar-refractivity contribution is 8.02. The SMILES string of the molecule is C=CCN(CCC)C(=O)[C@@H]1[C@H]2C(=O)N([C@@H](CO)C(C)C)C(C(=O)N(CC=C)c3ccc(OC)cc3)C23S[C@@H]1CC3C. The Balaban J connectivity index is 1.85. The summed E-state index contributed by atoms with van der Waals surface area (Å²) in [6, 6.07) is 5.88. The van der Waals surface area contributed by atoms with Gasteiger partial charge < -0.3 is 24.5 Å². The zero-order valence-electron chi connectivity index (χ0n) is 25.0. The summed E-state index contributed by atoms with van der Waals surface area (Å²) in [5, 5.41) is 10.5. The molecule has 224 valence electrons. The summed E-state index contributed by atoms with van der Waals surface area (Å²) in [6.45, 7) is 16.8. The number of methoxy groups -OCH3 is 1. The minimum atomic E-state index is -0.830. The first kappa shape index (κ1) is 31.2. The van der Waals surface area contributed by atoms with E-state index in [1.165, 1.54) is 0 Å². The molecule has 3 aliphatic rings. The highest BCUT2D eigenvalue weighted by Gasteiger charge is 2.77. The molecule has 2 bridgehead atoms. The molecule has 1 aromatic rings. The number of hydrogen-bond acceptors (Lipinski definition) is 6. The van der Waals surface area contributed by atoms with Gasteiger partial charge in [0.05, 0.1) is 36.3 Å². The van der Waals surface area contributed by atoms with E-state index >= 15 is 0 Å². The highest BCUT2D eigenvalue weighted by atomic mass is 32.2. The minimum Gasteiger partial charge on any atom is -0.497 e. The molecule has 0 aromatic heterocycles. The number of benzene rings is 1. The van der Waals surface area contributed by atoms with Gasteiger partial charge >= 0.3 is 0 Å². The summed E-state index contributed by atoms with van der Waals surface area (Å²) in [4.78, 5) is 48.6. The van der Waals surface area contributed by atoms with Crippen LogP contribution in [0.5, 0.6) is 5.75 Å². The molecule has 9 heteroatoms. The Morgan fingerprint density at radius 3 is 2.39 bits per heavy atom. The largest absolute Gasteiger partial charge is 0.497 e. The van der Waals surface area contributed by atoms with Crippen LogP contribution >= 0.6 is 11.8 Å². The Morgan fingerprint density at radius 2 is 1.85 bits per heavy atom. The average molecular weight is 584 g/mol. The lowest BCUT2D eigenvalue weighted by Crippen LogP contribution is -2.60. The molecule has 0 saturated carbocycles. The number of carbonyl (C=O) groups excluding carboxylic acids is 3. The van der Waals surface area contributed by atoms with E-state index in [0.717, 1.165) is 12.8 Å². The molecule has 8 nitrogen and oxygen atoms in total. The number of aliphatic hydroxyl groups is 1. The molecule has 3 unspecified atom stereocenters.